The van der Waals surface area contributed by atoms with E-state index in [-0.39, 0.29) is 12.4 Å². The molecule has 4 atom stereocenters. The molecule has 1 aromatic heterocycles. The Bertz CT molecular complexity index is 1560. The van der Waals surface area contributed by atoms with Crippen LogP contribution in [0.25, 0.3) is 10.4 Å². The topological polar surface area (TPSA) is 167 Å². The molecule has 0 bridgehead atoms. The number of aliphatic hydroxyl groups excluding tert-OH is 1. The first kappa shape index (κ1) is 28.7. The van der Waals surface area contributed by atoms with Gasteiger partial charge in [-0.05, 0) is 52.6 Å². The van der Waals surface area contributed by atoms with Gasteiger partial charge in [0.15, 0.2) is 0 Å². The molecule has 12 nitrogen and oxygen atoms in total. The quantitative estimate of drug-likeness (QED) is 0.126. The Kier molecular flexibility index (Phi) is 8.41. The first-order valence-electron chi connectivity index (χ1n) is 13.1. The third kappa shape index (κ3) is 5.39. The van der Waals surface area contributed by atoms with Crippen LogP contribution in [0.2, 0.25) is 0 Å². The van der Waals surface area contributed by atoms with Gasteiger partial charge in [0, 0.05) is 11.1 Å². The highest BCUT2D eigenvalue weighted by molar-refractivity contribution is 5.49. The number of hydrogen-bond donors (Lipinski definition) is 2. The van der Waals surface area contributed by atoms with Crippen LogP contribution in [0.1, 0.15) is 22.9 Å². The summed E-state index contributed by atoms with van der Waals surface area (Å²) in [7, 11) is 3.19. The smallest absolute Gasteiger partial charge is 0.351 e. The summed E-state index contributed by atoms with van der Waals surface area (Å²) in [5.74, 6) is 1.38. The van der Waals surface area contributed by atoms with Gasteiger partial charge in [-0.25, -0.2) is 4.79 Å². The maximum atomic E-state index is 12.6. The van der Waals surface area contributed by atoms with Crippen molar-refractivity contribution in [1.29, 1.82) is 0 Å². The Balaban J connectivity index is 1.58. The maximum Gasteiger partial charge on any atom is 0.351 e. The van der Waals surface area contributed by atoms with Gasteiger partial charge in [0.05, 0.1) is 26.9 Å². The Morgan fingerprint density at radius 2 is 1.55 bits per heavy atom. The lowest BCUT2D eigenvalue weighted by Gasteiger charge is -2.37. The normalized spacial score (nSPS) is 20.1. The van der Waals surface area contributed by atoms with Crippen LogP contribution in [0, 0.1) is 0 Å². The van der Waals surface area contributed by atoms with Gasteiger partial charge in [-0.3, -0.25) is 4.57 Å². The summed E-state index contributed by atoms with van der Waals surface area (Å²) < 4.78 is 24.9. The predicted molar refractivity (Wildman–Crippen MR) is 154 cm³/mol. The van der Waals surface area contributed by atoms with Gasteiger partial charge in [0.2, 0.25) is 0 Å². The summed E-state index contributed by atoms with van der Waals surface area (Å²) in [4.78, 5) is 19.2. The van der Waals surface area contributed by atoms with Gasteiger partial charge in [-0.15, -0.1) is 0 Å². The molecule has 5 rings (SSSR count). The molecule has 0 radical (unpaired) electrons. The van der Waals surface area contributed by atoms with Crippen LogP contribution in [0.4, 0.5) is 5.82 Å². The Hall–Kier alpha value is -4.87. The van der Waals surface area contributed by atoms with Crippen molar-refractivity contribution in [1.82, 2.24) is 9.55 Å². The van der Waals surface area contributed by atoms with E-state index in [0.717, 1.165) is 21.3 Å². The Morgan fingerprint density at radius 1 is 0.976 bits per heavy atom. The summed E-state index contributed by atoms with van der Waals surface area (Å²) in [5.41, 5.74) is 15.4. The third-order valence-electron chi connectivity index (χ3n) is 7.29. The first-order valence-corrected chi connectivity index (χ1v) is 13.1. The molecule has 2 heterocycles. The fourth-order valence-corrected chi connectivity index (χ4v) is 5.18. The zero-order chi connectivity index (χ0) is 29.7. The van der Waals surface area contributed by atoms with Crippen molar-refractivity contribution in [2.75, 3.05) is 26.6 Å². The number of benzene rings is 3. The number of nitrogen functional groups attached to an aromatic ring is 1. The lowest BCUT2D eigenvalue weighted by Crippen LogP contribution is -2.39. The van der Waals surface area contributed by atoms with Gasteiger partial charge >= 0.3 is 5.69 Å². The van der Waals surface area contributed by atoms with Gasteiger partial charge in [-0.1, -0.05) is 59.7 Å². The molecule has 1 fully saturated rings. The fraction of sp³-hybridized carbons (Fsp3) is 0.267. The zero-order valence-electron chi connectivity index (χ0n) is 23.0. The molecule has 42 heavy (non-hydrogen) atoms. The maximum absolute atomic E-state index is 12.6. The second-order valence-electron chi connectivity index (χ2n) is 9.61. The summed E-state index contributed by atoms with van der Waals surface area (Å²) >= 11 is 0. The van der Waals surface area contributed by atoms with E-state index in [2.05, 4.69) is 15.0 Å². The van der Waals surface area contributed by atoms with Crippen LogP contribution in [0.3, 0.4) is 0 Å². The van der Waals surface area contributed by atoms with E-state index in [1.807, 2.05) is 78.9 Å². The number of azide groups is 1. The van der Waals surface area contributed by atoms with Crippen LogP contribution < -0.4 is 20.9 Å². The highest BCUT2D eigenvalue weighted by Gasteiger charge is 2.47. The van der Waals surface area contributed by atoms with E-state index >= 15 is 0 Å². The second kappa shape index (κ2) is 12.3. The highest BCUT2D eigenvalue weighted by Crippen LogP contribution is 2.43. The Morgan fingerprint density at radius 3 is 2.07 bits per heavy atom. The molecule has 3 N–H and O–H groups in total. The van der Waals surface area contributed by atoms with E-state index in [4.69, 9.17) is 24.7 Å². The Labute approximate surface area is 241 Å². The van der Waals surface area contributed by atoms with Crippen LogP contribution in [0.15, 0.2) is 101 Å². The molecular formula is C30H30N6O6. The van der Waals surface area contributed by atoms with Crippen LogP contribution in [-0.4, -0.2) is 53.7 Å². The predicted octanol–water partition coefficient (Wildman–Crippen LogP) is 3.79. The zero-order valence-corrected chi connectivity index (χ0v) is 23.0. The monoisotopic (exact) mass is 570 g/mol. The number of nitrogens with two attached hydrogens (primary N) is 1. The summed E-state index contributed by atoms with van der Waals surface area (Å²) in [6, 6.07) is 24.9. The molecule has 2 unspecified atom stereocenters. The van der Waals surface area contributed by atoms with E-state index < -0.39 is 35.8 Å². The van der Waals surface area contributed by atoms with E-state index in [0.29, 0.717) is 11.5 Å². The molecule has 216 valence electrons. The van der Waals surface area contributed by atoms with Gasteiger partial charge in [0.1, 0.15) is 41.3 Å². The van der Waals surface area contributed by atoms with Crippen molar-refractivity contribution in [2.45, 2.75) is 30.1 Å². The minimum Gasteiger partial charge on any atom is -0.497 e. The number of aromatic nitrogens is 2. The number of nitrogens with zero attached hydrogens (tertiary/aromatic N) is 5. The molecule has 4 aromatic rings. The van der Waals surface area contributed by atoms with Crippen molar-refractivity contribution in [3.05, 3.63) is 129 Å². The number of ether oxygens (including phenoxy) is 4. The molecular weight excluding hydrogens is 540 g/mol. The number of methoxy groups -OCH3 is 2. The van der Waals surface area contributed by atoms with Crippen LogP contribution in [0.5, 0.6) is 11.5 Å². The van der Waals surface area contributed by atoms with Crippen molar-refractivity contribution < 1.29 is 24.1 Å². The summed E-state index contributed by atoms with van der Waals surface area (Å²) in [6.45, 7) is -0.140. The standard InChI is InChI=1S/C30H30N6O6/c1-39-22-12-8-20(9-13-22)30(19-6-4-3-5-7-19,21-10-14-23(40-2)15-11-21)41-18-24-27(37)26(34-35-32)28(42-24)36-17-16-25(31)33-29(36)38/h3-17,24,26-28,37H,18H2,1-2H3,(H2,31,33,38)/t24-,26?,27?,28-/m1/s1. The highest BCUT2D eigenvalue weighted by atomic mass is 16.6. The van der Waals surface area contributed by atoms with Gasteiger partial charge < -0.3 is 29.8 Å². The average molecular weight is 571 g/mol. The van der Waals surface area contributed by atoms with Crippen LogP contribution >= 0.6 is 0 Å². The van der Waals surface area contributed by atoms with Gasteiger partial charge in [0.25, 0.3) is 0 Å². The minimum atomic E-state index is -1.30. The lowest BCUT2D eigenvalue weighted by molar-refractivity contribution is -0.0945. The van der Waals surface area contributed by atoms with Crippen molar-refractivity contribution >= 4 is 5.82 Å². The van der Waals surface area contributed by atoms with Crippen molar-refractivity contribution in [3.8, 4) is 11.5 Å². The second-order valence-corrected chi connectivity index (χ2v) is 9.61. The first-order chi connectivity index (χ1) is 20.4. The van der Waals surface area contributed by atoms with Crippen LogP contribution in [-0.2, 0) is 15.1 Å². The molecule has 0 aliphatic carbocycles. The SMILES string of the molecule is COc1ccc(C(OC[C@H]2O[C@@H](n3ccc(N)nc3=O)C(N=[N+]=[N-])C2O)(c2ccccc2)c2ccc(OC)cc2)cc1. The molecule has 1 aliphatic heterocycles. The lowest BCUT2D eigenvalue weighted by atomic mass is 9.80. The van der Waals surface area contributed by atoms with E-state index in [9.17, 15) is 15.4 Å². The largest absolute Gasteiger partial charge is 0.497 e. The molecule has 0 amide bonds. The number of aliphatic hydroxyl groups is 1. The number of anilines is 1. The molecule has 3 aromatic carbocycles. The summed E-state index contributed by atoms with van der Waals surface area (Å²) in [6.07, 6.45) is -2.02. The van der Waals surface area contributed by atoms with Crippen molar-refractivity contribution in [3.63, 3.8) is 0 Å². The minimum absolute atomic E-state index is 0.0293. The molecule has 1 saturated heterocycles. The number of hydrogen-bond acceptors (Lipinski definition) is 9. The van der Waals surface area contributed by atoms with E-state index in [1.54, 1.807) is 14.2 Å². The van der Waals surface area contributed by atoms with Gasteiger partial charge in [-0.2, -0.15) is 4.98 Å². The molecule has 0 saturated carbocycles. The fourth-order valence-electron chi connectivity index (χ4n) is 5.18. The molecule has 0 spiro atoms. The van der Waals surface area contributed by atoms with E-state index in [1.165, 1.54) is 12.3 Å². The third-order valence-corrected chi connectivity index (χ3v) is 7.29. The summed E-state index contributed by atoms with van der Waals surface area (Å²) in [5, 5.41) is 15.0. The molecule has 12 heteroatoms. The van der Waals surface area contributed by atoms with Crippen molar-refractivity contribution in [2.24, 2.45) is 5.11 Å². The number of rotatable bonds is 10. The molecule has 1 aliphatic rings. The average Bonchev–Trinajstić information content (AvgIpc) is 3.33.